The van der Waals surface area contributed by atoms with Crippen LogP contribution < -0.4 is 11.1 Å². The van der Waals surface area contributed by atoms with Gasteiger partial charge in [0.15, 0.2) is 5.60 Å². The highest BCUT2D eigenvalue weighted by atomic mass is 19.4. The van der Waals surface area contributed by atoms with Crippen molar-refractivity contribution in [1.29, 1.82) is 0 Å². The number of amides is 1. The number of rotatable bonds is 5. The second-order valence-electron chi connectivity index (χ2n) is 9.21. The number of nitrogens with zero attached hydrogens (tertiary/aromatic N) is 4. The van der Waals surface area contributed by atoms with Crippen molar-refractivity contribution in [2.45, 2.75) is 50.7 Å². The van der Waals surface area contributed by atoms with Crippen LogP contribution in [0.4, 0.5) is 24.7 Å². The molecular weight excluding hydrogens is 477 g/mol. The number of benzene rings is 1. The van der Waals surface area contributed by atoms with Crippen LogP contribution >= 0.6 is 0 Å². The second kappa shape index (κ2) is 8.93. The van der Waals surface area contributed by atoms with Crippen LogP contribution in [0.15, 0.2) is 30.6 Å². The Morgan fingerprint density at radius 3 is 2.69 bits per heavy atom. The Morgan fingerprint density at radius 2 is 2.00 bits per heavy atom. The van der Waals surface area contributed by atoms with E-state index in [0.717, 1.165) is 23.4 Å². The number of carbonyl (C=O) groups excluding carboxylic acids is 1. The smallest absolute Gasteiger partial charge is 0.399 e. The van der Waals surface area contributed by atoms with Crippen molar-refractivity contribution in [1.82, 2.24) is 19.3 Å². The van der Waals surface area contributed by atoms with E-state index in [4.69, 9.17) is 15.2 Å². The predicted octanol–water partition coefficient (Wildman–Crippen LogP) is 3.54. The number of aromatic nitrogens is 3. The molecule has 192 valence electrons. The molecule has 0 saturated carbocycles. The molecule has 1 amide bonds. The number of nitrogen functional groups attached to an aromatic ring is 1. The van der Waals surface area contributed by atoms with Gasteiger partial charge in [-0.25, -0.2) is 4.98 Å². The third-order valence-electron chi connectivity index (χ3n) is 6.97. The van der Waals surface area contributed by atoms with Crippen molar-refractivity contribution in [3.05, 3.63) is 53.0 Å². The summed E-state index contributed by atoms with van der Waals surface area (Å²) in [6, 6.07) is 2.94. The molecule has 1 fully saturated rings. The minimum Gasteiger partial charge on any atom is -0.399 e. The Labute approximate surface area is 205 Å². The van der Waals surface area contributed by atoms with Crippen molar-refractivity contribution >= 4 is 23.2 Å². The topological polar surface area (TPSA) is 107 Å². The second-order valence-corrected chi connectivity index (χ2v) is 9.21. The number of nitrogens with one attached hydrogen (secondary N) is 1. The Kier molecular flexibility index (Phi) is 6.03. The third kappa shape index (κ3) is 4.24. The van der Waals surface area contributed by atoms with E-state index in [9.17, 15) is 18.0 Å². The molecular formula is C24H27F3N6O3. The summed E-state index contributed by atoms with van der Waals surface area (Å²) in [5, 5.41) is 3.23. The SMILES string of the molecule is COC1(C(=O)N2Cc3c(N[C@H](C)c4cc(N)cc(C(F)(F)F)c4)nc4nccn4c3C2)CCOCC1. The van der Waals surface area contributed by atoms with E-state index in [1.54, 1.807) is 24.2 Å². The fraction of sp³-hybridized carbons (Fsp3) is 0.458. The van der Waals surface area contributed by atoms with Gasteiger partial charge in [-0.1, -0.05) is 0 Å². The molecule has 12 heteroatoms. The fourth-order valence-corrected chi connectivity index (χ4v) is 4.94. The van der Waals surface area contributed by atoms with Crippen molar-refractivity contribution < 1.29 is 27.4 Å². The largest absolute Gasteiger partial charge is 0.416 e. The molecule has 5 rings (SSSR count). The van der Waals surface area contributed by atoms with Crippen LogP contribution in [-0.4, -0.2) is 51.1 Å². The summed E-state index contributed by atoms with van der Waals surface area (Å²) in [5.41, 5.74) is 6.01. The van der Waals surface area contributed by atoms with Gasteiger partial charge in [-0.3, -0.25) is 9.20 Å². The number of alkyl halides is 3. The van der Waals surface area contributed by atoms with Gasteiger partial charge >= 0.3 is 6.18 Å². The highest BCUT2D eigenvalue weighted by molar-refractivity contribution is 5.86. The van der Waals surface area contributed by atoms with Crippen molar-refractivity contribution in [2.24, 2.45) is 0 Å². The average Bonchev–Trinajstić information content (AvgIpc) is 3.50. The molecule has 0 spiro atoms. The van der Waals surface area contributed by atoms with E-state index in [-0.39, 0.29) is 18.1 Å². The van der Waals surface area contributed by atoms with E-state index in [1.807, 2.05) is 4.40 Å². The maximum Gasteiger partial charge on any atom is 0.416 e. The first-order chi connectivity index (χ1) is 17.1. The van der Waals surface area contributed by atoms with Gasteiger partial charge in [0.2, 0.25) is 5.78 Å². The minimum atomic E-state index is -4.51. The Hall–Kier alpha value is -3.38. The average molecular weight is 505 g/mol. The van der Waals surface area contributed by atoms with E-state index in [0.29, 0.717) is 49.8 Å². The van der Waals surface area contributed by atoms with Crippen LogP contribution in [0.25, 0.3) is 5.78 Å². The standard InChI is InChI=1S/C24H27F3N6O3/c1-14(15-9-16(24(25,26)27)11-17(28)10-15)30-20-18-12-32(13-19(18)33-6-5-29-22(33)31-20)21(34)23(35-2)3-7-36-8-4-23/h5-6,9-11,14H,3-4,7-8,12-13,28H2,1-2H3,(H,29,30,31)/t14-/m1/s1. The zero-order chi connectivity index (χ0) is 25.7. The number of fused-ring (bicyclic) bond motifs is 3. The molecule has 2 aliphatic rings. The molecule has 0 unspecified atom stereocenters. The highest BCUT2D eigenvalue weighted by Crippen LogP contribution is 2.37. The monoisotopic (exact) mass is 504 g/mol. The van der Waals surface area contributed by atoms with Crippen LogP contribution in [0.2, 0.25) is 0 Å². The summed E-state index contributed by atoms with van der Waals surface area (Å²) in [5.74, 6) is 0.761. The van der Waals surface area contributed by atoms with E-state index >= 15 is 0 Å². The molecule has 2 aliphatic heterocycles. The van der Waals surface area contributed by atoms with Gasteiger partial charge in [0.25, 0.3) is 5.91 Å². The minimum absolute atomic E-state index is 0.0217. The molecule has 36 heavy (non-hydrogen) atoms. The summed E-state index contributed by atoms with van der Waals surface area (Å²) >= 11 is 0. The predicted molar refractivity (Wildman–Crippen MR) is 125 cm³/mol. The maximum absolute atomic E-state index is 13.6. The molecule has 0 radical (unpaired) electrons. The summed E-state index contributed by atoms with van der Waals surface area (Å²) in [6.45, 7) is 3.23. The highest BCUT2D eigenvalue weighted by Gasteiger charge is 2.45. The van der Waals surface area contributed by atoms with Gasteiger partial charge in [0, 0.05) is 56.8 Å². The van der Waals surface area contributed by atoms with Gasteiger partial charge in [0.1, 0.15) is 5.82 Å². The van der Waals surface area contributed by atoms with Crippen molar-refractivity contribution in [2.75, 3.05) is 31.4 Å². The first-order valence-electron chi connectivity index (χ1n) is 11.6. The van der Waals surface area contributed by atoms with Crippen LogP contribution in [0.1, 0.15) is 48.2 Å². The van der Waals surface area contributed by atoms with Crippen LogP contribution in [0.3, 0.4) is 0 Å². The normalized spacial score (nSPS) is 18.3. The first-order valence-corrected chi connectivity index (χ1v) is 11.6. The van der Waals surface area contributed by atoms with Gasteiger partial charge in [-0.05, 0) is 30.7 Å². The zero-order valence-corrected chi connectivity index (χ0v) is 19.9. The molecule has 1 aromatic carbocycles. The van der Waals surface area contributed by atoms with Crippen LogP contribution in [0.5, 0.6) is 0 Å². The van der Waals surface area contributed by atoms with Gasteiger partial charge in [-0.2, -0.15) is 18.2 Å². The van der Waals surface area contributed by atoms with Gasteiger partial charge in [-0.15, -0.1) is 0 Å². The van der Waals surface area contributed by atoms with E-state index < -0.39 is 23.4 Å². The van der Waals surface area contributed by atoms with Gasteiger partial charge < -0.3 is 25.4 Å². The lowest BCUT2D eigenvalue weighted by molar-refractivity contribution is -0.167. The zero-order valence-electron chi connectivity index (χ0n) is 19.9. The fourth-order valence-electron chi connectivity index (χ4n) is 4.94. The lowest BCUT2D eigenvalue weighted by Crippen LogP contribution is -2.51. The molecule has 4 heterocycles. The number of halogens is 3. The number of hydrogen-bond acceptors (Lipinski definition) is 7. The Morgan fingerprint density at radius 1 is 1.25 bits per heavy atom. The Bertz CT molecular complexity index is 1300. The third-order valence-corrected chi connectivity index (χ3v) is 6.97. The molecule has 3 N–H and O–H groups in total. The maximum atomic E-state index is 13.6. The summed E-state index contributed by atoms with van der Waals surface area (Å²) in [7, 11) is 1.54. The number of nitrogens with two attached hydrogens (primary N) is 1. The molecule has 3 aromatic rings. The number of ether oxygens (including phenoxy) is 2. The molecule has 1 atom stereocenters. The van der Waals surface area contributed by atoms with Crippen LogP contribution in [-0.2, 0) is 33.5 Å². The summed E-state index contributed by atoms with van der Waals surface area (Å²) in [4.78, 5) is 24.2. The molecule has 1 saturated heterocycles. The number of carbonyl (C=O) groups is 1. The Balaban J connectivity index is 1.47. The molecule has 0 aliphatic carbocycles. The number of hydrogen-bond donors (Lipinski definition) is 2. The number of methoxy groups -OCH3 is 1. The summed E-state index contributed by atoms with van der Waals surface area (Å²) in [6.07, 6.45) is -0.195. The number of imidazole rings is 1. The molecule has 0 bridgehead atoms. The van der Waals surface area contributed by atoms with Crippen molar-refractivity contribution in [3.8, 4) is 0 Å². The van der Waals surface area contributed by atoms with Crippen molar-refractivity contribution in [3.63, 3.8) is 0 Å². The molecule has 2 aromatic heterocycles. The van der Waals surface area contributed by atoms with Gasteiger partial charge in [0.05, 0.1) is 30.4 Å². The van der Waals surface area contributed by atoms with E-state index in [2.05, 4.69) is 15.3 Å². The molecule has 9 nitrogen and oxygen atoms in total. The summed E-state index contributed by atoms with van der Waals surface area (Å²) < 4.78 is 53.0. The lowest BCUT2D eigenvalue weighted by Gasteiger charge is -2.37. The van der Waals surface area contributed by atoms with Crippen LogP contribution in [0, 0.1) is 0 Å². The first kappa shape index (κ1) is 24.3. The quantitative estimate of drug-likeness (QED) is 0.512. The number of anilines is 2. The van der Waals surface area contributed by atoms with E-state index in [1.165, 1.54) is 13.2 Å². The lowest BCUT2D eigenvalue weighted by atomic mass is 9.92.